The number of nitrogens with two attached hydrogens (primary N) is 2. The van der Waals surface area contributed by atoms with Gasteiger partial charge in [0.1, 0.15) is 5.78 Å². The summed E-state index contributed by atoms with van der Waals surface area (Å²) in [6.45, 7) is -0.340. The number of carbonyl (C=O) groups excluding carboxylic acids is 3. The minimum absolute atomic E-state index is 0.0323. The quantitative estimate of drug-likeness (QED) is 0.382. The van der Waals surface area contributed by atoms with E-state index in [9.17, 15) is 14.4 Å². The SMILES string of the molecule is NCC(=O)C[C@@H](CS)C(=O)NCC(N)=O. The van der Waals surface area contributed by atoms with E-state index >= 15 is 0 Å². The largest absolute Gasteiger partial charge is 0.368 e. The summed E-state index contributed by atoms with van der Waals surface area (Å²) in [5.74, 6) is -1.61. The molecule has 0 saturated carbocycles. The van der Waals surface area contributed by atoms with Gasteiger partial charge in [-0.15, -0.1) is 0 Å². The average molecular weight is 233 g/mol. The maximum atomic E-state index is 11.4. The van der Waals surface area contributed by atoms with E-state index in [0.717, 1.165) is 0 Å². The molecule has 0 spiro atoms. The molecule has 0 aromatic rings. The molecule has 0 unspecified atom stereocenters. The number of ketones is 1. The van der Waals surface area contributed by atoms with Gasteiger partial charge in [-0.05, 0) is 0 Å². The number of hydrogen-bond donors (Lipinski definition) is 4. The predicted molar refractivity (Wildman–Crippen MR) is 58.2 cm³/mol. The van der Waals surface area contributed by atoms with E-state index in [1.807, 2.05) is 0 Å². The highest BCUT2D eigenvalue weighted by molar-refractivity contribution is 7.80. The van der Waals surface area contributed by atoms with Crippen LogP contribution in [0.3, 0.4) is 0 Å². The summed E-state index contributed by atoms with van der Waals surface area (Å²) in [4.78, 5) is 32.8. The lowest BCUT2D eigenvalue weighted by atomic mass is 10.0. The third-order valence-corrected chi connectivity index (χ3v) is 2.17. The first-order valence-corrected chi connectivity index (χ1v) is 5.03. The third-order valence-electron chi connectivity index (χ3n) is 1.73. The third kappa shape index (κ3) is 6.08. The van der Waals surface area contributed by atoms with Crippen molar-refractivity contribution in [1.82, 2.24) is 5.32 Å². The second-order valence-corrected chi connectivity index (χ2v) is 3.38. The lowest BCUT2D eigenvalue weighted by Crippen LogP contribution is -2.39. The first-order valence-electron chi connectivity index (χ1n) is 4.39. The van der Waals surface area contributed by atoms with Crippen LogP contribution in [0.4, 0.5) is 0 Å². The fraction of sp³-hybridized carbons (Fsp3) is 0.625. The number of nitrogens with one attached hydrogen (secondary N) is 1. The molecule has 0 bridgehead atoms. The van der Waals surface area contributed by atoms with E-state index in [1.54, 1.807) is 0 Å². The van der Waals surface area contributed by atoms with E-state index in [4.69, 9.17) is 11.5 Å². The minimum atomic E-state index is -0.633. The van der Waals surface area contributed by atoms with Crippen LogP contribution in [0.5, 0.6) is 0 Å². The molecule has 7 heteroatoms. The fourth-order valence-electron chi connectivity index (χ4n) is 0.917. The van der Waals surface area contributed by atoms with Crippen LogP contribution < -0.4 is 16.8 Å². The molecule has 0 aliphatic carbocycles. The number of primary amides is 1. The van der Waals surface area contributed by atoms with Crippen LogP contribution in [-0.2, 0) is 14.4 Å². The lowest BCUT2D eigenvalue weighted by Gasteiger charge is -2.12. The molecule has 0 fully saturated rings. The first-order chi connectivity index (χ1) is 7.01. The standard InChI is InChI=1S/C8H15N3O3S/c9-2-6(12)1-5(4-15)8(14)11-3-7(10)13/h5,15H,1-4,9H2,(H2,10,13)(H,11,14)/t5-/m0/s1. The number of carbonyl (C=O) groups is 3. The van der Waals surface area contributed by atoms with Gasteiger partial charge in [-0.2, -0.15) is 12.6 Å². The van der Waals surface area contributed by atoms with Crippen molar-refractivity contribution >= 4 is 30.2 Å². The Hall–Kier alpha value is -1.08. The molecule has 5 N–H and O–H groups in total. The van der Waals surface area contributed by atoms with Crippen molar-refractivity contribution in [2.75, 3.05) is 18.8 Å². The molecule has 0 aliphatic heterocycles. The topological polar surface area (TPSA) is 115 Å². The van der Waals surface area contributed by atoms with Crippen LogP contribution in [0.1, 0.15) is 6.42 Å². The van der Waals surface area contributed by atoms with Gasteiger partial charge in [-0.3, -0.25) is 14.4 Å². The van der Waals surface area contributed by atoms with Crippen LogP contribution in [0.25, 0.3) is 0 Å². The number of hydrogen-bond acceptors (Lipinski definition) is 5. The molecular formula is C8H15N3O3S. The number of thiol groups is 1. The molecule has 15 heavy (non-hydrogen) atoms. The number of rotatable bonds is 7. The second kappa shape index (κ2) is 7.24. The van der Waals surface area contributed by atoms with Gasteiger partial charge in [0, 0.05) is 12.2 Å². The summed E-state index contributed by atoms with van der Waals surface area (Å²) in [6, 6.07) is 0. The van der Waals surface area contributed by atoms with E-state index < -0.39 is 17.7 Å². The molecule has 6 nitrogen and oxygen atoms in total. The predicted octanol–water partition coefficient (Wildman–Crippen LogP) is -1.95. The Morgan fingerprint density at radius 3 is 2.33 bits per heavy atom. The van der Waals surface area contributed by atoms with Crippen molar-refractivity contribution in [3.8, 4) is 0 Å². The van der Waals surface area contributed by atoms with Gasteiger partial charge in [0.05, 0.1) is 19.0 Å². The van der Waals surface area contributed by atoms with Crippen molar-refractivity contribution in [3.63, 3.8) is 0 Å². The molecule has 0 rings (SSSR count). The first kappa shape index (κ1) is 13.9. The molecule has 0 aromatic carbocycles. The van der Waals surface area contributed by atoms with Crippen molar-refractivity contribution in [2.45, 2.75) is 6.42 Å². The summed E-state index contributed by atoms with van der Waals surface area (Å²) >= 11 is 3.94. The highest BCUT2D eigenvalue weighted by Gasteiger charge is 2.19. The van der Waals surface area contributed by atoms with Gasteiger partial charge >= 0.3 is 0 Å². The molecule has 0 heterocycles. The van der Waals surface area contributed by atoms with E-state index in [2.05, 4.69) is 17.9 Å². The van der Waals surface area contributed by atoms with Crippen LogP contribution in [0, 0.1) is 5.92 Å². The molecule has 0 radical (unpaired) electrons. The molecule has 2 amide bonds. The van der Waals surface area contributed by atoms with Crippen molar-refractivity contribution in [2.24, 2.45) is 17.4 Å². The van der Waals surface area contributed by atoms with Gasteiger partial charge in [0.15, 0.2) is 0 Å². The summed E-state index contributed by atoms with van der Waals surface area (Å²) < 4.78 is 0. The van der Waals surface area contributed by atoms with Gasteiger partial charge in [0.25, 0.3) is 0 Å². The normalized spacial score (nSPS) is 11.9. The Labute approximate surface area is 93.2 Å². The second-order valence-electron chi connectivity index (χ2n) is 3.01. The highest BCUT2D eigenvalue weighted by atomic mass is 32.1. The lowest BCUT2D eigenvalue weighted by molar-refractivity contribution is -0.129. The summed E-state index contributed by atoms with van der Waals surface area (Å²) in [6.07, 6.45) is 0.0323. The van der Waals surface area contributed by atoms with E-state index in [-0.39, 0.29) is 31.0 Å². The maximum Gasteiger partial charge on any atom is 0.236 e. The zero-order valence-electron chi connectivity index (χ0n) is 8.23. The fourth-order valence-corrected chi connectivity index (χ4v) is 1.21. The van der Waals surface area contributed by atoms with Gasteiger partial charge in [-0.1, -0.05) is 0 Å². The number of Topliss-reactive ketones (excluding diaryl/α,β-unsaturated/α-hetero) is 1. The average Bonchev–Trinajstić information content (AvgIpc) is 2.21. The molecular weight excluding hydrogens is 218 g/mol. The van der Waals surface area contributed by atoms with Crippen molar-refractivity contribution in [3.05, 3.63) is 0 Å². The van der Waals surface area contributed by atoms with Gasteiger partial charge in [-0.25, -0.2) is 0 Å². The zero-order chi connectivity index (χ0) is 11.8. The highest BCUT2D eigenvalue weighted by Crippen LogP contribution is 2.05. The molecule has 86 valence electrons. The van der Waals surface area contributed by atoms with Crippen LogP contribution >= 0.6 is 12.6 Å². The van der Waals surface area contributed by atoms with E-state index in [1.165, 1.54) is 0 Å². The maximum absolute atomic E-state index is 11.4. The summed E-state index contributed by atoms with van der Waals surface area (Å²) in [5, 5.41) is 2.31. The van der Waals surface area contributed by atoms with Crippen molar-refractivity contribution in [1.29, 1.82) is 0 Å². The zero-order valence-corrected chi connectivity index (χ0v) is 9.13. The summed E-state index contributed by atoms with van der Waals surface area (Å²) in [5.41, 5.74) is 9.97. The monoisotopic (exact) mass is 233 g/mol. The Morgan fingerprint density at radius 1 is 1.33 bits per heavy atom. The smallest absolute Gasteiger partial charge is 0.236 e. The van der Waals surface area contributed by atoms with Crippen LogP contribution in [-0.4, -0.2) is 36.4 Å². The molecule has 1 atom stereocenters. The Bertz CT molecular complexity index is 258. The minimum Gasteiger partial charge on any atom is -0.368 e. The molecule has 0 aromatic heterocycles. The van der Waals surface area contributed by atoms with Crippen molar-refractivity contribution < 1.29 is 14.4 Å². The summed E-state index contributed by atoms with van der Waals surface area (Å²) in [7, 11) is 0. The van der Waals surface area contributed by atoms with E-state index in [0.29, 0.717) is 0 Å². The Morgan fingerprint density at radius 2 is 1.93 bits per heavy atom. The Balaban J connectivity index is 4.10. The number of amides is 2. The van der Waals surface area contributed by atoms with Crippen LogP contribution in [0.15, 0.2) is 0 Å². The molecule has 0 saturated heterocycles. The van der Waals surface area contributed by atoms with Gasteiger partial charge < -0.3 is 16.8 Å². The molecule has 0 aliphatic rings. The Kier molecular flexibility index (Phi) is 6.72. The van der Waals surface area contributed by atoms with Crippen LogP contribution in [0.2, 0.25) is 0 Å². The van der Waals surface area contributed by atoms with Gasteiger partial charge in [0.2, 0.25) is 11.8 Å².